The maximum Gasteiger partial charge on any atom is 0.255 e. The van der Waals surface area contributed by atoms with Crippen molar-refractivity contribution in [2.75, 3.05) is 31.1 Å². The molecule has 2 saturated heterocycles. The number of ether oxygens (including phenoxy) is 1. The number of nitrogen functional groups attached to an aromatic ring is 1. The minimum Gasteiger partial charge on any atom is -0.457 e. The summed E-state index contributed by atoms with van der Waals surface area (Å²) in [4.78, 5) is 51.4. The predicted octanol–water partition coefficient (Wildman–Crippen LogP) is 5.84. The molecular weight excluding hydrogens is 677 g/mol. The summed E-state index contributed by atoms with van der Waals surface area (Å²) in [5.41, 5.74) is 10.5. The van der Waals surface area contributed by atoms with E-state index in [0.717, 1.165) is 95.3 Å². The Bertz CT molecular complexity index is 2110. The Morgan fingerprint density at radius 3 is 2.46 bits per heavy atom. The zero-order valence-electron chi connectivity index (χ0n) is 28.7. The summed E-state index contributed by atoms with van der Waals surface area (Å²) in [5.74, 6) is 2.10. The highest BCUT2D eigenvalue weighted by Crippen LogP contribution is 2.37. The van der Waals surface area contributed by atoms with E-state index in [1.165, 1.54) is 6.33 Å². The van der Waals surface area contributed by atoms with E-state index in [1.54, 1.807) is 16.7 Å². The number of carbonyl (C=O) groups excluding carboxylic acids is 3. The molecule has 266 valence electrons. The van der Waals surface area contributed by atoms with Crippen LogP contribution in [0.15, 0.2) is 84.0 Å². The van der Waals surface area contributed by atoms with Crippen molar-refractivity contribution in [2.24, 2.45) is 0 Å². The van der Waals surface area contributed by atoms with E-state index in [9.17, 15) is 14.4 Å². The highest BCUT2D eigenvalue weighted by molar-refractivity contribution is 7.99. The van der Waals surface area contributed by atoms with E-state index in [1.807, 2.05) is 66.7 Å². The van der Waals surface area contributed by atoms with Crippen LogP contribution >= 0.6 is 11.8 Å². The molecule has 0 aliphatic carbocycles. The molecule has 2 aromatic heterocycles. The third-order valence-corrected chi connectivity index (χ3v) is 11.4. The second-order valence-electron chi connectivity index (χ2n) is 13.5. The van der Waals surface area contributed by atoms with Crippen LogP contribution in [0.4, 0.5) is 5.82 Å². The number of nitrogens with zero attached hydrogens (tertiary/aromatic N) is 6. The van der Waals surface area contributed by atoms with Crippen LogP contribution in [0.3, 0.4) is 0 Å². The van der Waals surface area contributed by atoms with Gasteiger partial charge in [-0.1, -0.05) is 24.3 Å². The minimum absolute atomic E-state index is 0.131. The van der Waals surface area contributed by atoms with Gasteiger partial charge in [0.2, 0.25) is 11.8 Å². The molecule has 0 bridgehead atoms. The van der Waals surface area contributed by atoms with E-state index in [4.69, 9.17) is 15.6 Å². The molecule has 1 unspecified atom stereocenters. The van der Waals surface area contributed by atoms with Crippen molar-refractivity contribution < 1.29 is 19.1 Å². The zero-order chi connectivity index (χ0) is 35.6. The first kappa shape index (κ1) is 33.9. The fourth-order valence-corrected chi connectivity index (χ4v) is 8.55. The number of imide groups is 1. The highest BCUT2D eigenvalue weighted by Gasteiger charge is 2.39. The lowest BCUT2D eigenvalue weighted by Gasteiger charge is -2.32. The molecule has 3 aromatic carbocycles. The van der Waals surface area contributed by atoms with Crippen LogP contribution < -0.4 is 15.8 Å². The summed E-state index contributed by atoms with van der Waals surface area (Å²) in [6, 6.07) is 23.0. The Morgan fingerprint density at radius 1 is 0.885 bits per heavy atom. The van der Waals surface area contributed by atoms with Crippen LogP contribution in [0.5, 0.6) is 11.5 Å². The summed E-state index contributed by atoms with van der Waals surface area (Å²) in [7, 11) is 0. The number of benzene rings is 3. The maximum absolute atomic E-state index is 13.2. The summed E-state index contributed by atoms with van der Waals surface area (Å²) in [6.45, 7) is 3.38. The van der Waals surface area contributed by atoms with Gasteiger partial charge < -0.3 is 20.3 Å². The fourth-order valence-electron chi connectivity index (χ4n) is 7.46. The maximum atomic E-state index is 13.2. The molecule has 0 spiro atoms. The van der Waals surface area contributed by atoms with Crippen molar-refractivity contribution in [2.45, 2.75) is 62.0 Å². The number of nitrogens with one attached hydrogen (secondary N) is 1. The van der Waals surface area contributed by atoms with Crippen LogP contribution in [-0.4, -0.2) is 78.7 Å². The Morgan fingerprint density at radius 2 is 1.67 bits per heavy atom. The van der Waals surface area contributed by atoms with Gasteiger partial charge in [0.25, 0.3) is 5.91 Å². The van der Waals surface area contributed by atoms with E-state index >= 15 is 0 Å². The molecule has 3 aliphatic rings. The second-order valence-corrected chi connectivity index (χ2v) is 14.6. The number of rotatable bonds is 11. The first-order chi connectivity index (χ1) is 25.4. The van der Waals surface area contributed by atoms with Gasteiger partial charge in [-0.05, 0) is 98.5 Å². The van der Waals surface area contributed by atoms with Gasteiger partial charge in [-0.25, -0.2) is 14.6 Å². The number of anilines is 1. The molecule has 12 nitrogen and oxygen atoms in total. The van der Waals surface area contributed by atoms with Gasteiger partial charge in [0.15, 0.2) is 5.65 Å². The first-order valence-corrected chi connectivity index (χ1v) is 18.9. The van der Waals surface area contributed by atoms with Crippen molar-refractivity contribution >= 4 is 46.3 Å². The molecule has 0 saturated carbocycles. The van der Waals surface area contributed by atoms with Crippen molar-refractivity contribution in [1.82, 2.24) is 34.9 Å². The van der Waals surface area contributed by atoms with Gasteiger partial charge in [-0.2, -0.15) is 5.10 Å². The number of para-hydroxylation sites is 1. The number of likely N-dealkylation sites (tertiary alicyclic amines) is 1. The number of aromatic nitrogens is 4. The zero-order valence-corrected chi connectivity index (χ0v) is 29.6. The van der Waals surface area contributed by atoms with Crippen LogP contribution in [0.1, 0.15) is 60.5 Å². The van der Waals surface area contributed by atoms with Crippen molar-refractivity contribution in [3.8, 4) is 22.8 Å². The summed E-state index contributed by atoms with van der Waals surface area (Å²) >= 11 is 1.77. The molecule has 5 aromatic rings. The van der Waals surface area contributed by atoms with Crippen molar-refractivity contribution in [1.29, 1.82) is 0 Å². The number of nitrogens with two attached hydrogens (primary N) is 1. The van der Waals surface area contributed by atoms with E-state index in [2.05, 4.69) is 30.9 Å². The Balaban J connectivity index is 0.843. The SMILES string of the molecule is Nc1ncnc2c1c(-c1ccc(Oc3ccccc3)cc1)nn2C1CCN(CCCCSc2cccc3c2CN(C2CCC(=O)NC2=O)C3=O)CC1. The summed E-state index contributed by atoms with van der Waals surface area (Å²) in [6.07, 6.45) is 6.20. The number of unbranched alkanes of at least 4 members (excludes halogenated alkanes) is 1. The number of piperidine rings is 2. The molecule has 13 heteroatoms. The fraction of sp³-hybridized carbons (Fsp3) is 0.333. The van der Waals surface area contributed by atoms with Gasteiger partial charge >= 0.3 is 0 Å². The number of fused-ring (bicyclic) bond motifs is 2. The smallest absolute Gasteiger partial charge is 0.255 e. The number of hydrogen-bond acceptors (Lipinski definition) is 10. The predicted molar refractivity (Wildman–Crippen MR) is 199 cm³/mol. The van der Waals surface area contributed by atoms with Gasteiger partial charge in [-0.3, -0.25) is 19.7 Å². The standard InChI is InChI=1S/C39H40N8O4S/c40-36-34-35(25-11-13-28(14-12-25)51-27-7-2-1-3-8-27)44-47(37(34)42-24-41-36)26-17-20-45(21-18-26)19-4-5-22-52-32-10-6-9-29-30(32)23-46(39(29)50)31-15-16-33(48)43-38(31)49/h1-3,6-14,24,26,31H,4-5,15-23H2,(H2,40,41,42)(H,43,48,49). The molecular formula is C39H40N8O4S. The molecule has 0 radical (unpaired) electrons. The average molecular weight is 717 g/mol. The third kappa shape index (κ3) is 6.85. The van der Waals surface area contributed by atoms with Crippen molar-refractivity contribution in [3.63, 3.8) is 0 Å². The lowest BCUT2D eigenvalue weighted by Crippen LogP contribution is -2.52. The number of carbonyl (C=O) groups is 3. The third-order valence-electron chi connectivity index (χ3n) is 10.2. The number of amides is 3. The molecule has 2 fully saturated rings. The molecule has 8 rings (SSSR count). The van der Waals surface area contributed by atoms with Crippen LogP contribution in [-0.2, 0) is 16.1 Å². The molecule has 52 heavy (non-hydrogen) atoms. The normalized spacial score (nSPS) is 18.2. The van der Waals surface area contributed by atoms with Gasteiger partial charge in [-0.15, -0.1) is 11.8 Å². The summed E-state index contributed by atoms with van der Waals surface area (Å²) < 4.78 is 8.04. The summed E-state index contributed by atoms with van der Waals surface area (Å²) in [5, 5.41) is 8.23. The largest absolute Gasteiger partial charge is 0.457 e. The number of hydrogen-bond donors (Lipinski definition) is 2. The van der Waals surface area contributed by atoms with Crippen molar-refractivity contribution in [3.05, 3.63) is 90.3 Å². The highest BCUT2D eigenvalue weighted by atomic mass is 32.2. The Hall–Kier alpha value is -5.27. The Labute approximate surface area is 305 Å². The molecule has 3 amide bonds. The topological polar surface area (TPSA) is 149 Å². The van der Waals surface area contributed by atoms with Gasteiger partial charge in [0.1, 0.15) is 35.4 Å². The molecule has 1 atom stereocenters. The lowest BCUT2D eigenvalue weighted by molar-refractivity contribution is -0.136. The van der Waals surface area contributed by atoms with Crippen LogP contribution in [0, 0.1) is 0 Å². The average Bonchev–Trinajstić information content (AvgIpc) is 3.72. The van der Waals surface area contributed by atoms with E-state index in [-0.39, 0.29) is 30.2 Å². The minimum atomic E-state index is -0.599. The monoisotopic (exact) mass is 716 g/mol. The molecule has 5 heterocycles. The van der Waals surface area contributed by atoms with E-state index < -0.39 is 6.04 Å². The van der Waals surface area contributed by atoms with Gasteiger partial charge in [0.05, 0.1) is 11.4 Å². The number of thioether (sulfide) groups is 1. The van der Waals surface area contributed by atoms with Crippen LogP contribution in [0.2, 0.25) is 0 Å². The van der Waals surface area contributed by atoms with E-state index in [0.29, 0.717) is 24.3 Å². The molecule has 3 N–H and O–H groups in total. The molecule has 3 aliphatic heterocycles. The first-order valence-electron chi connectivity index (χ1n) is 17.9. The Kier molecular flexibility index (Phi) is 9.61. The van der Waals surface area contributed by atoms with Gasteiger partial charge in [0, 0.05) is 42.1 Å². The second kappa shape index (κ2) is 14.8. The van der Waals surface area contributed by atoms with Crippen LogP contribution in [0.25, 0.3) is 22.3 Å². The quantitative estimate of drug-likeness (QED) is 0.0971. The lowest BCUT2D eigenvalue weighted by atomic mass is 10.0.